The number of nitrogens with zero attached hydrogens (tertiary/aromatic N) is 2. The number of carbonyl (C=O) groups excluding carboxylic acids is 1. The quantitative estimate of drug-likeness (QED) is 0.628. The highest BCUT2D eigenvalue weighted by molar-refractivity contribution is 7.10. The highest BCUT2D eigenvalue weighted by Gasteiger charge is 2.29. The van der Waals surface area contributed by atoms with Crippen LogP contribution in [0.1, 0.15) is 20.8 Å². The summed E-state index contributed by atoms with van der Waals surface area (Å²) in [5.41, 5.74) is 0.843. The average Bonchev–Trinajstić information content (AvgIpc) is 2.93. The Hall–Kier alpha value is -1.92. The molecule has 1 aliphatic rings. The number of halogens is 1. The van der Waals surface area contributed by atoms with Gasteiger partial charge in [-0.15, -0.1) is 11.3 Å². The highest BCUT2D eigenvalue weighted by atomic mass is 35.5. The first-order valence-electron chi connectivity index (χ1n) is 6.35. The Kier molecular flexibility index (Phi) is 3.65. The monoisotopic (exact) mass is 322 g/mol. The fourth-order valence-corrected chi connectivity index (χ4v) is 3.60. The maximum Gasteiger partial charge on any atom is 0.300 e. The molecule has 5 nitrogen and oxygen atoms in total. The summed E-state index contributed by atoms with van der Waals surface area (Å²) in [6, 6.07) is 6.42. The van der Waals surface area contributed by atoms with E-state index in [1.165, 1.54) is 17.0 Å². The van der Waals surface area contributed by atoms with Crippen molar-refractivity contribution in [2.45, 2.75) is 13.0 Å². The van der Waals surface area contributed by atoms with Crippen molar-refractivity contribution in [2.24, 2.45) is 0 Å². The third-order valence-electron chi connectivity index (χ3n) is 3.49. The van der Waals surface area contributed by atoms with Gasteiger partial charge < -0.3 is 4.90 Å². The van der Waals surface area contributed by atoms with Crippen molar-refractivity contribution < 1.29 is 9.72 Å². The third kappa shape index (κ3) is 2.52. The van der Waals surface area contributed by atoms with Crippen molar-refractivity contribution in [2.75, 3.05) is 6.54 Å². The predicted octanol–water partition coefficient (Wildman–Crippen LogP) is 3.51. The standard InChI is InChI=1S/C14H11ClN2O3S/c15-11-3-1-2-10(13(11)17(19)20)14(18)16-6-4-12-9(8-16)5-7-21-12/h1-3,5,7H,4,6,8H2. The molecule has 0 N–H and O–H groups in total. The predicted molar refractivity (Wildman–Crippen MR) is 80.9 cm³/mol. The zero-order valence-electron chi connectivity index (χ0n) is 10.9. The zero-order chi connectivity index (χ0) is 15.0. The first-order chi connectivity index (χ1) is 10.1. The Bertz CT molecular complexity index is 729. The van der Waals surface area contributed by atoms with E-state index < -0.39 is 4.92 Å². The first kappa shape index (κ1) is 14.0. The maximum atomic E-state index is 12.6. The van der Waals surface area contributed by atoms with Crippen LogP contribution in [0.5, 0.6) is 0 Å². The fourth-order valence-electron chi connectivity index (χ4n) is 2.47. The number of thiophene rings is 1. The summed E-state index contributed by atoms with van der Waals surface area (Å²) < 4.78 is 0. The second kappa shape index (κ2) is 5.46. The first-order valence-corrected chi connectivity index (χ1v) is 7.61. The molecule has 1 aromatic carbocycles. The Morgan fingerprint density at radius 1 is 1.38 bits per heavy atom. The topological polar surface area (TPSA) is 63.4 Å². The molecule has 7 heteroatoms. The molecule has 0 fully saturated rings. The average molecular weight is 323 g/mol. The van der Waals surface area contributed by atoms with Gasteiger partial charge in [0.25, 0.3) is 5.91 Å². The smallest absolute Gasteiger partial charge is 0.300 e. The summed E-state index contributed by atoms with van der Waals surface area (Å²) in [6.45, 7) is 1.05. The summed E-state index contributed by atoms with van der Waals surface area (Å²) in [4.78, 5) is 26.0. The van der Waals surface area contributed by atoms with Gasteiger partial charge in [0.05, 0.1) is 4.92 Å². The van der Waals surface area contributed by atoms with E-state index in [0.29, 0.717) is 13.1 Å². The van der Waals surface area contributed by atoms with Crippen molar-refractivity contribution in [1.29, 1.82) is 0 Å². The van der Waals surface area contributed by atoms with Gasteiger partial charge in [0.2, 0.25) is 0 Å². The van der Waals surface area contributed by atoms with E-state index in [9.17, 15) is 14.9 Å². The largest absolute Gasteiger partial charge is 0.334 e. The summed E-state index contributed by atoms with van der Waals surface area (Å²) in [7, 11) is 0. The van der Waals surface area contributed by atoms with Crippen LogP contribution in [-0.2, 0) is 13.0 Å². The molecule has 2 aromatic rings. The highest BCUT2D eigenvalue weighted by Crippen LogP contribution is 2.31. The van der Waals surface area contributed by atoms with Crippen LogP contribution in [0.2, 0.25) is 5.02 Å². The number of amides is 1. The molecule has 1 amide bonds. The van der Waals surface area contributed by atoms with Crippen molar-refractivity contribution in [3.8, 4) is 0 Å². The van der Waals surface area contributed by atoms with Crippen LogP contribution in [0.4, 0.5) is 5.69 Å². The Balaban J connectivity index is 1.94. The van der Waals surface area contributed by atoms with Gasteiger partial charge in [0, 0.05) is 18.0 Å². The number of benzene rings is 1. The minimum atomic E-state index is -0.602. The molecule has 1 aromatic heterocycles. The van der Waals surface area contributed by atoms with Gasteiger partial charge >= 0.3 is 5.69 Å². The molecule has 108 valence electrons. The van der Waals surface area contributed by atoms with E-state index in [1.54, 1.807) is 22.3 Å². The van der Waals surface area contributed by atoms with E-state index >= 15 is 0 Å². The summed E-state index contributed by atoms with van der Waals surface area (Å²) in [5, 5.41) is 13.1. The van der Waals surface area contributed by atoms with Crippen LogP contribution in [0.3, 0.4) is 0 Å². The van der Waals surface area contributed by atoms with Crippen LogP contribution in [0, 0.1) is 10.1 Å². The number of hydrogen-bond donors (Lipinski definition) is 0. The van der Waals surface area contributed by atoms with E-state index in [-0.39, 0.29) is 22.2 Å². The molecule has 0 saturated carbocycles. The molecular weight excluding hydrogens is 312 g/mol. The molecule has 0 bridgehead atoms. The lowest BCUT2D eigenvalue weighted by Crippen LogP contribution is -2.35. The lowest BCUT2D eigenvalue weighted by atomic mass is 10.1. The van der Waals surface area contributed by atoms with E-state index in [0.717, 1.165) is 12.0 Å². The number of carbonyl (C=O) groups is 1. The van der Waals surface area contributed by atoms with Crippen LogP contribution >= 0.6 is 22.9 Å². The minimum Gasteiger partial charge on any atom is -0.334 e. The number of nitro groups is 1. The zero-order valence-corrected chi connectivity index (χ0v) is 12.5. The molecule has 3 rings (SSSR count). The third-order valence-corrected chi connectivity index (χ3v) is 4.82. The van der Waals surface area contributed by atoms with Crippen LogP contribution in [-0.4, -0.2) is 22.3 Å². The molecule has 0 spiro atoms. The van der Waals surface area contributed by atoms with Crippen molar-refractivity contribution in [3.63, 3.8) is 0 Å². The van der Waals surface area contributed by atoms with Gasteiger partial charge in [-0.1, -0.05) is 17.7 Å². The van der Waals surface area contributed by atoms with E-state index in [1.807, 2.05) is 11.4 Å². The van der Waals surface area contributed by atoms with Crippen molar-refractivity contribution >= 4 is 34.5 Å². The maximum absolute atomic E-state index is 12.6. The van der Waals surface area contributed by atoms with E-state index in [2.05, 4.69) is 0 Å². The minimum absolute atomic E-state index is 0.0147. The number of nitro benzene ring substituents is 1. The van der Waals surface area contributed by atoms with Crippen molar-refractivity contribution in [3.05, 3.63) is 60.8 Å². The second-order valence-electron chi connectivity index (χ2n) is 4.74. The van der Waals surface area contributed by atoms with Gasteiger partial charge in [-0.25, -0.2) is 0 Å². The van der Waals surface area contributed by atoms with Crippen LogP contribution < -0.4 is 0 Å². The molecule has 0 aliphatic carbocycles. The summed E-state index contributed by atoms with van der Waals surface area (Å²) in [5.74, 6) is -0.346. The molecule has 2 heterocycles. The SMILES string of the molecule is O=C(c1cccc(Cl)c1[N+](=O)[O-])N1CCc2sccc2C1. The van der Waals surface area contributed by atoms with Crippen LogP contribution in [0.25, 0.3) is 0 Å². The van der Waals surface area contributed by atoms with Gasteiger partial charge in [-0.3, -0.25) is 14.9 Å². The molecule has 0 unspecified atom stereocenters. The Morgan fingerprint density at radius 2 is 2.19 bits per heavy atom. The van der Waals surface area contributed by atoms with E-state index in [4.69, 9.17) is 11.6 Å². The molecular formula is C14H11ClN2O3S. The summed E-state index contributed by atoms with van der Waals surface area (Å²) in [6.07, 6.45) is 0.785. The Labute approximate surface area is 129 Å². The van der Waals surface area contributed by atoms with Gasteiger partial charge in [-0.05, 0) is 35.6 Å². The van der Waals surface area contributed by atoms with Crippen LogP contribution in [0.15, 0.2) is 29.6 Å². The number of fused-ring (bicyclic) bond motifs is 1. The molecule has 1 aliphatic heterocycles. The van der Waals surface area contributed by atoms with Gasteiger partial charge in [-0.2, -0.15) is 0 Å². The number of rotatable bonds is 2. The lowest BCUT2D eigenvalue weighted by Gasteiger charge is -2.27. The molecule has 0 atom stereocenters. The molecule has 0 saturated heterocycles. The molecule has 21 heavy (non-hydrogen) atoms. The molecule has 0 radical (unpaired) electrons. The number of para-hydroxylation sites is 1. The lowest BCUT2D eigenvalue weighted by molar-refractivity contribution is -0.385. The number of hydrogen-bond acceptors (Lipinski definition) is 4. The summed E-state index contributed by atoms with van der Waals surface area (Å²) >= 11 is 7.54. The normalized spacial score (nSPS) is 13.9. The van der Waals surface area contributed by atoms with Gasteiger partial charge in [0.15, 0.2) is 0 Å². The van der Waals surface area contributed by atoms with Gasteiger partial charge in [0.1, 0.15) is 10.6 Å². The fraction of sp³-hybridized carbons (Fsp3) is 0.214. The Morgan fingerprint density at radius 3 is 2.95 bits per heavy atom. The second-order valence-corrected chi connectivity index (χ2v) is 6.15. The van der Waals surface area contributed by atoms with Crippen molar-refractivity contribution in [1.82, 2.24) is 4.90 Å².